The number of hydrogen-bond donors (Lipinski definition) is 0. The Morgan fingerprint density at radius 3 is 2.25 bits per heavy atom. The zero-order chi connectivity index (χ0) is 11.4. The lowest BCUT2D eigenvalue weighted by molar-refractivity contribution is 0.594. The van der Waals surface area contributed by atoms with Crippen molar-refractivity contribution in [2.75, 3.05) is 0 Å². The third-order valence-corrected chi connectivity index (χ3v) is 3.93. The number of benzene rings is 2. The van der Waals surface area contributed by atoms with Crippen LogP contribution in [0.15, 0.2) is 59.5 Å². The second kappa shape index (κ2) is 5.19. The molecule has 0 aliphatic carbocycles. The van der Waals surface area contributed by atoms with E-state index in [1.54, 1.807) is 0 Å². The van der Waals surface area contributed by atoms with Gasteiger partial charge in [-0.15, -0.1) is 0 Å². The maximum Gasteiger partial charge on any atom is 0.153 e. The first-order chi connectivity index (χ1) is 7.77. The average molecular weight is 230 g/mol. The monoisotopic (exact) mass is 230 g/mol. The summed E-state index contributed by atoms with van der Waals surface area (Å²) in [5.74, 6) is 0.594. The molecule has 0 bridgehead atoms. The van der Waals surface area contributed by atoms with Crippen LogP contribution >= 0.6 is 0 Å². The zero-order valence-corrected chi connectivity index (χ0v) is 10.0. The molecule has 0 saturated heterocycles. The van der Waals surface area contributed by atoms with Gasteiger partial charge in [0.15, 0.2) is 4.90 Å². The molecule has 2 heteroatoms. The van der Waals surface area contributed by atoms with E-state index in [0.29, 0.717) is 5.75 Å². The van der Waals surface area contributed by atoms with Crippen LogP contribution in [-0.4, -0.2) is 4.55 Å². The van der Waals surface area contributed by atoms with E-state index in [1.165, 1.54) is 5.56 Å². The SMILES string of the molecule is Cc1ccccc1C[S+]([O-])c1ccccc1. The van der Waals surface area contributed by atoms with Crippen molar-refractivity contribution in [1.29, 1.82) is 0 Å². The molecular weight excluding hydrogens is 216 g/mol. The first kappa shape index (κ1) is 11.2. The molecule has 1 unspecified atom stereocenters. The number of rotatable bonds is 3. The highest BCUT2D eigenvalue weighted by Gasteiger charge is 2.11. The summed E-state index contributed by atoms with van der Waals surface area (Å²) in [6.07, 6.45) is 0. The van der Waals surface area contributed by atoms with Crippen molar-refractivity contribution < 1.29 is 4.55 Å². The van der Waals surface area contributed by atoms with Gasteiger partial charge in [0.25, 0.3) is 0 Å². The molecule has 0 N–H and O–H groups in total. The van der Waals surface area contributed by atoms with Crippen molar-refractivity contribution >= 4 is 11.2 Å². The van der Waals surface area contributed by atoms with E-state index < -0.39 is 11.2 Å². The molecule has 0 fully saturated rings. The van der Waals surface area contributed by atoms with Gasteiger partial charge in [-0.1, -0.05) is 42.5 Å². The smallest absolute Gasteiger partial charge is 0.153 e. The lowest BCUT2D eigenvalue weighted by Crippen LogP contribution is -2.05. The predicted octanol–water partition coefficient (Wildman–Crippen LogP) is 3.30. The molecule has 0 saturated carbocycles. The minimum atomic E-state index is -0.945. The Kier molecular flexibility index (Phi) is 3.65. The Morgan fingerprint density at radius 2 is 1.56 bits per heavy atom. The first-order valence-electron chi connectivity index (χ1n) is 5.25. The maximum absolute atomic E-state index is 12.1. The van der Waals surface area contributed by atoms with E-state index in [9.17, 15) is 4.55 Å². The largest absolute Gasteiger partial charge is 0.611 e. The molecule has 2 rings (SSSR count). The fourth-order valence-corrected chi connectivity index (χ4v) is 2.80. The number of hydrogen-bond acceptors (Lipinski definition) is 1. The van der Waals surface area contributed by atoms with Crippen LogP contribution in [0.1, 0.15) is 11.1 Å². The molecule has 0 aromatic heterocycles. The van der Waals surface area contributed by atoms with E-state index in [-0.39, 0.29) is 0 Å². The Labute approximate surface area is 99.3 Å². The van der Waals surface area contributed by atoms with Crippen LogP contribution in [0.2, 0.25) is 0 Å². The summed E-state index contributed by atoms with van der Waals surface area (Å²) in [6.45, 7) is 2.05. The molecule has 0 heterocycles. The van der Waals surface area contributed by atoms with Gasteiger partial charge in [0.2, 0.25) is 0 Å². The Bertz CT molecular complexity index is 453. The first-order valence-corrected chi connectivity index (χ1v) is 6.57. The average Bonchev–Trinajstić information content (AvgIpc) is 2.33. The summed E-state index contributed by atoms with van der Waals surface area (Å²) < 4.78 is 12.1. The standard InChI is InChI=1S/C14H14OS/c1-12-7-5-6-8-13(12)11-16(15)14-9-3-2-4-10-14/h2-10H,11H2,1H3. The van der Waals surface area contributed by atoms with Crippen LogP contribution in [0.5, 0.6) is 0 Å². The molecule has 16 heavy (non-hydrogen) atoms. The molecule has 82 valence electrons. The lowest BCUT2D eigenvalue weighted by atomic mass is 10.1. The summed E-state index contributed by atoms with van der Waals surface area (Å²) in [6, 6.07) is 17.7. The molecule has 2 aromatic carbocycles. The van der Waals surface area contributed by atoms with Gasteiger partial charge in [0, 0.05) is 5.56 Å². The summed E-state index contributed by atoms with van der Waals surface area (Å²) in [4.78, 5) is 0.894. The molecule has 0 aliphatic heterocycles. The third-order valence-electron chi connectivity index (χ3n) is 2.55. The molecule has 0 aliphatic rings. The van der Waals surface area contributed by atoms with Crippen molar-refractivity contribution in [3.8, 4) is 0 Å². The van der Waals surface area contributed by atoms with E-state index >= 15 is 0 Å². The van der Waals surface area contributed by atoms with Gasteiger partial charge in [0.1, 0.15) is 5.75 Å². The van der Waals surface area contributed by atoms with Crippen LogP contribution in [0, 0.1) is 6.92 Å². The summed E-state index contributed by atoms with van der Waals surface area (Å²) >= 11 is -0.945. The highest BCUT2D eigenvalue weighted by molar-refractivity contribution is 7.90. The molecule has 0 radical (unpaired) electrons. The van der Waals surface area contributed by atoms with Crippen molar-refractivity contribution in [1.82, 2.24) is 0 Å². The fourth-order valence-electron chi connectivity index (χ4n) is 1.57. The van der Waals surface area contributed by atoms with Crippen LogP contribution < -0.4 is 0 Å². The van der Waals surface area contributed by atoms with Gasteiger partial charge in [-0.05, 0) is 35.8 Å². The van der Waals surface area contributed by atoms with E-state index in [0.717, 1.165) is 10.5 Å². The van der Waals surface area contributed by atoms with Gasteiger partial charge in [0.05, 0.1) is 0 Å². The normalized spacial score (nSPS) is 12.4. The predicted molar refractivity (Wildman–Crippen MR) is 67.7 cm³/mol. The Morgan fingerprint density at radius 1 is 0.938 bits per heavy atom. The quantitative estimate of drug-likeness (QED) is 0.742. The second-order valence-corrected chi connectivity index (χ2v) is 5.18. The summed E-state index contributed by atoms with van der Waals surface area (Å²) in [5.41, 5.74) is 2.36. The Hall–Kier alpha value is -1.25. The second-order valence-electron chi connectivity index (χ2n) is 3.73. The minimum absolute atomic E-state index is 0.594. The van der Waals surface area contributed by atoms with E-state index in [4.69, 9.17) is 0 Å². The summed E-state index contributed by atoms with van der Waals surface area (Å²) in [5, 5.41) is 0. The van der Waals surface area contributed by atoms with Crippen molar-refractivity contribution in [3.05, 3.63) is 65.7 Å². The topological polar surface area (TPSA) is 23.1 Å². The fraction of sp³-hybridized carbons (Fsp3) is 0.143. The van der Waals surface area contributed by atoms with Crippen LogP contribution in [-0.2, 0) is 16.9 Å². The van der Waals surface area contributed by atoms with Gasteiger partial charge < -0.3 is 4.55 Å². The molecule has 0 amide bonds. The number of aryl methyl sites for hydroxylation is 1. The van der Waals surface area contributed by atoms with Gasteiger partial charge in [-0.25, -0.2) is 0 Å². The minimum Gasteiger partial charge on any atom is -0.611 e. The molecule has 1 atom stereocenters. The highest BCUT2D eigenvalue weighted by atomic mass is 32.2. The van der Waals surface area contributed by atoms with Gasteiger partial charge >= 0.3 is 0 Å². The zero-order valence-electron chi connectivity index (χ0n) is 9.22. The van der Waals surface area contributed by atoms with Crippen molar-refractivity contribution in [2.24, 2.45) is 0 Å². The molecule has 0 spiro atoms. The van der Waals surface area contributed by atoms with Crippen molar-refractivity contribution in [2.45, 2.75) is 17.6 Å². The van der Waals surface area contributed by atoms with E-state index in [1.807, 2.05) is 48.5 Å². The third kappa shape index (κ3) is 2.65. The summed E-state index contributed by atoms with van der Waals surface area (Å²) in [7, 11) is 0. The Balaban J connectivity index is 2.14. The molecular formula is C14H14OS. The van der Waals surface area contributed by atoms with Gasteiger partial charge in [-0.2, -0.15) is 0 Å². The highest BCUT2D eigenvalue weighted by Crippen LogP contribution is 2.17. The van der Waals surface area contributed by atoms with Crippen molar-refractivity contribution in [3.63, 3.8) is 0 Å². The van der Waals surface area contributed by atoms with Crippen LogP contribution in [0.3, 0.4) is 0 Å². The maximum atomic E-state index is 12.1. The molecule has 1 nitrogen and oxygen atoms in total. The van der Waals surface area contributed by atoms with E-state index in [2.05, 4.69) is 13.0 Å². The van der Waals surface area contributed by atoms with Gasteiger partial charge in [-0.3, -0.25) is 0 Å². The van der Waals surface area contributed by atoms with Crippen LogP contribution in [0.4, 0.5) is 0 Å². The van der Waals surface area contributed by atoms with Crippen LogP contribution in [0.25, 0.3) is 0 Å². The molecule has 2 aromatic rings. The lowest BCUT2D eigenvalue weighted by Gasteiger charge is -2.11.